The first-order valence-electron chi connectivity index (χ1n) is 9.40. The van der Waals surface area contributed by atoms with Crippen molar-refractivity contribution in [1.29, 1.82) is 0 Å². The first-order chi connectivity index (χ1) is 13.4. The number of benzene rings is 1. The van der Waals surface area contributed by atoms with Gasteiger partial charge in [-0.15, -0.1) is 0 Å². The second kappa shape index (κ2) is 10.4. The molecule has 0 unspecified atom stereocenters. The van der Waals surface area contributed by atoms with Crippen LogP contribution in [0.3, 0.4) is 0 Å². The third kappa shape index (κ3) is 6.06. The number of nitrogens with one attached hydrogen (secondary N) is 1. The second-order valence-corrected chi connectivity index (χ2v) is 6.41. The molecule has 150 valence electrons. The zero-order valence-electron chi connectivity index (χ0n) is 16.6. The molecule has 0 aliphatic heterocycles. The van der Waals surface area contributed by atoms with E-state index < -0.39 is 5.97 Å². The van der Waals surface area contributed by atoms with Gasteiger partial charge in [-0.3, -0.25) is 9.59 Å². The number of likely N-dealkylation sites (N-methyl/N-ethyl adjacent to an activating group) is 1. The minimum Gasteiger partial charge on any atom is -0.461 e. The highest BCUT2D eigenvalue weighted by Gasteiger charge is 2.10. The SMILES string of the molecule is CCN(CC)CCOC(=O)c1ccc(NC(=O)Cn2cccc(C)c2=O)cc1. The number of pyridine rings is 1. The van der Waals surface area contributed by atoms with Crippen molar-refractivity contribution < 1.29 is 14.3 Å². The molecule has 2 rings (SSSR count). The van der Waals surface area contributed by atoms with E-state index in [-0.39, 0.29) is 18.0 Å². The van der Waals surface area contributed by atoms with Gasteiger partial charge in [0.25, 0.3) is 5.56 Å². The van der Waals surface area contributed by atoms with Gasteiger partial charge in [0.2, 0.25) is 5.91 Å². The molecule has 0 fully saturated rings. The van der Waals surface area contributed by atoms with E-state index in [2.05, 4.69) is 24.1 Å². The summed E-state index contributed by atoms with van der Waals surface area (Å²) in [5.41, 5.74) is 1.36. The largest absolute Gasteiger partial charge is 0.461 e. The summed E-state index contributed by atoms with van der Waals surface area (Å²) in [4.78, 5) is 38.4. The van der Waals surface area contributed by atoms with Crippen LogP contribution in [0.4, 0.5) is 5.69 Å². The van der Waals surface area contributed by atoms with Gasteiger partial charge in [0, 0.05) is 24.0 Å². The van der Waals surface area contributed by atoms with E-state index in [9.17, 15) is 14.4 Å². The molecule has 0 bridgehead atoms. The van der Waals surface area contributed by atoms with Crippen LogP contribution in [0.2, 0.25) is 0 Å². The number of ether oxygens (including phenoxy) is 1. The Morgan fingerprint density at radius 3 is 2.43 bits per heavy atom. The minimum absolute atomic E-state index is 0.0737. The maximum atomic E-state index is 12.2. The summed E-state index contributed by atoms with van der Waals surface area (Å²) in [6.45, 7) is 8.62. The van der Waals surface area contributed by atoms with Crippen molar-refractivity contribution in [2.45, 2.75) is 27.3 Å². The summed E-state index contributed by atoms with van der Waals surface area (Å²) in [7, 11) is 0. The molecule has 0 saturated carbocycles. The smallest absolute Gasteiger partial charge is 0.338 e. The first-order valence-corrected chi connectivity index (χ1v) is 9.40. The molecule has 0 radical (unpaired) electrons. The van der Waals surface area contributed by atoms with Crippen LogP contribution in [0.1, 0.15) is 29.8 Å². The zero-order chi connectivity index (χ0) is 20.5. The standard InChI is InChI=1S/C21H27N3O4/c1-4-23(5-2)13-14-28-21(27)17-8-10-18(11-9-17)22-19(25)15-24-12-6-7-16(3)20(24)26/h6-12H,4-5,13-15H2,1-3H3,(H,22,25). The highest BCUT2D eigenvalue weighted by molar-refractivity contribution is 5.93. The second-order valence-electron chi connectivity index (χ2n) is 6.41. The van der Waals surface area contributed by atoms with E-state index in [1.165, 1.54) is 4.57 Å². The van der Waals surface area contributed by atoms with E-state index in [1.807, 2.05) is 0 Å². The van der Waals surface area contributed by atoms with Gasteiger partial charge >= 0.3 is 5.97 Å². The molecule has 1 aromatic heterocycles. The quantitative estimate of drug-likeness (QED) is 0.670. The third-order valence-electron chi connectivity index (χ3n) is 4.46. The van der Waals surface area contributed by atoms with Crippen molar-refractivity contribution >= 4 is 17.6 Å². The maximum Gasteiger partial charge on any atom is 0.338 e. The predicted octanol–water partition coefficient (Wildman–Crippen LogP) is 2.29. The summed E-state index contributed by atoms with van der Waals surface area (Å²) >= 11 is 0. The normalized spacial score (nSPS) is 10.7. The van der Waals surface area contributed by atoms with Crippen molar-refractivity contribution in [3.63, 3.8) is 0 Å². The van der Waals surface area contributed by atoms with Gasteiger partial charge in [-0.25, -0.2) is 4.79 Å². The van der Waals surface area contributed by atoms with E-state index in [1.54, 1.807) is 49.5 Å². The van der Waals surface area contributed by atoms with E-state index in [4.69, 9.17) is 4.74 Å². The molecule has 1 aromatic carbocycles. The molecule has 7 heteroatoms. The average Bonchev–Trinajstić information content (AvgIpc) is 2.69. The number of hydrogen-bond donors (Lipinski definition) is 1. The van der Waals surface area contributed by atoms with Crippen LogP contribution in [0.25, 0.3) is 0 Å². The first kappa shape index (κ1) is 21.4. The monoisotopic (exact) mass is 385 g/mol. The average molecular weight is 385 g/mol. The van der Waals surface area contributed by atoms with Gasteiger partial charge in [-0.1, -0.05) is 19.9 Å². The van der Waals surface area contributed by atoms with Gasteiger partial charge in [0.1, 0.15) is 13.2 Å². The van der Waals surface area contributed by atoms with Gasteiger partial charge in [0.15, 0.2) is 0 Å². The molecule has 1 heterocycles. The summed E-state index contributed by atoms with van der Waals surface area (Å²) in [6, 6.07) is 9.92. The molecule has 1 amide bonds. The Kier molecular flexibility index (Phi) is 7.95. The number of aromatic nitrogens is 1. The number of nitrogens with zero attached hydrogens (tertiary/aromatic N) is 2. The highest BCUT2D eigenvalue weighted by atomic mass is 16.5. The zero-order valence-corrected chi connectivity index (χ0v) is 16.6. The third-order valence-corrected chi connectivity index (χ3v) is 4.46. The van der Waals surface area contributed by atoms with Crippen molar-refractivity contribution in [2.75, 3.05) is 31.6 Å². The molecule has 28 heavy (non-hydrogen) atoms. The molecular formula is C21H27N3O4. The predicted molar refractivity (Wildman–Crippen MR) is 109 cm³/mol. The van der Waals surface area contributed by atoms with Gasteiger partial charge < -0.3 is 19.5 Å². The van der Waals surface area contributed by atoms with Crippen molar-refractivity contribution in [1.82, 2.24) is 9.47 Å². The number of amides is 1. The number of rotatable bonds is 9. The number of esters is 1. The number of carbonyl (C=O) groups excluding carboxylic acids is 2. The molecule has 0 saturated heterocycles. The van der Waals surface area contributed by atoms with Crippen molar-refractivity contribution in [2.24, 2.45) is 0 Å². The Balaban J connectivity index is 1.88. The summed E-state index contributed by atoms with van der Waals surface area (Å²) in [6.07, 6.45) is 1.58. The maximum absolute atomic E-state index is 12.2. The van der Waals surface area contributed by atoms with Gasteiger partial charge in [0.05, 0.1) is 5.56 Å². The Hall–Kier alpha value is -2.93. The highest BCUT2D eigenvalue weighted by Crippen LogP contribution is 2.11. The minimum atomic E-state index is -0.392. The molecule has 1 N–H and O–H groups in total. The fraction of sp³-hybridized carbons (Fsp3) is 0.381. The molecule has 0 spiro atoms. The molecule has 0 aliphatic rings. The lowest BCUT2D eigenvalue weighted by molar-refractivity contribution is -0.116. The fourth-order valence-electron chi connectivity index (χ4n) is 2.72. The number of anilines is 1. The van der Waals surface area contributed by atoms with E-state index >= 15 is 0 Å². The van der Waals surface area contributed by atoms with Crippen LogP contribution < -0.4 is 10.9 Å². The molecule has 2 aromatic rings. The lowest BCUT2D eigenvalue weighted by Gasteiger charge is -2.17. The van der Waals surface area contributed by atoms with Gasteiger partial charge in [-0.2, -0.15) is 0 Å². The summed E-state index contributed by atoms with van der Waals surface area (Å²) < 4.78 is 6.63. The van der Waals surface area contributed by atoms with E-state index in [0.29, 0.717) is 30.0 Å². The van der Waals surface area contributed by atoms with Gasteiger partial charge in [-0.05, 0) is 50.3 Å². The number of hydrogen-bond acceptors (Lipinski definition) is 5. The summed E-state index contributed by atoms with van der Waals surface area (Å²) in [5.74, 6) is -0.710. The van der Waals surface area contributed by atoms with Crippen LogP contribution >= 0.6 is 0 Å². The fourth-order valence-corrected chi connectivity index (χ4v) is 2.72. The Bertz CT molecular complexity index is 855. The van der Waals surface area contributed by atoms with Crippen LogP contribution in [0.5, 0.6) is 0 Å². The molecule has 7 nitrogen and oxygen atoms in total. The Labute approximate surface area is 164 Å². The van der Waals surface area contributed by atoms with Crippen LogP contribution in [0, 0.1) is 6.92 Å². The summed E-state index contributed by atoms with van der Waals surface area (Å²) in [5, 5.41) is 2.72. The lowest BCUT2D eigenvalue weighted by Crippen LogP contribution is -2.28. The Morgan fingerprint density at radius 2 is 1.79 bits per heavy atom. The Morgan fingerprint density at radius 1 is 1.11 bits per heavy atom. The molecule has 0 atom stereocenters. The lowest BCUT2D eigenvalue weighted by atomic mass is 10.2. The van der Waals surface area contributed by atoms with Crippen molar-refractivity contribution in [3.05, 3.63) is 64.1 Å². The topological polar surface area (TPSA) is 80.6 Å². The van der Waals surface area contributed by atoms with Crippen LogP contribution in [-0.2, 0) is 16.1 Å². The van der Waals surface area contributed by atoms with Crippen LogP contribution in [0.15, 0.2) is 47.4 Å². The number of carbonyl (C=O) groups is 2. The van der Waals surface area contributed by atoms with E-state index in [0.717, 1.165) is 13.1 Å². The number of aryl methyl sites for hydroxylation is 1. The molecular weight excluding hydrogens is 358 g/mol. The van der Waals surface area contributed by atoms with Crippen LogP contribution in [-0.4, -0.2) is 47.6 Å². The molecule has 0 aliphatic carbocycles. The van der Waals surface area contributed by atoms with Crippen molar-refractivity contribution in [3.8, 4) is 0 Å².